The average Bonchev–Trinajstić information content (AvgIpc) is 2.79. The van der Waals surface area contributed by atoms with Crippen LogP contribution in [0, 0.1) is 29.9 Å². The summed E-state index contributed by atoms with van der Waals surface area (Å²) in [5.74, 6) is -1.56. The molecule has 132 valence electrons. The van der Waals surface area contributed by atoms with Gasteiger partial charge in [-0.3, -0.25) is 24.4 Å². The molecule has 9 heteroatoms. The van der Waals surface area contributed by atoms with Crippen LogP contribution in [0.2, 0.25) is 0 Å². The largest absolute Gasteiger partial charge is 0.481 e. The van der Waals surface area contributed by atoms with E-state index in [1.807, 2.05) is 6.92 Å². The van der Waals surface area contributed by atoms with Crippen LogP contribution in [-0.2, 0) is 16.1 Å². The summed E-state index contributed by atoms with van der Waals surface area (Å²) in [6.07, 6.45) is 1.37. The number of aryl methyl sites for hydroxylation is 2. The third-order valence-electron chi connectivity index (χ3n) is 4.61. The van der Waals surface area contributed by atoms with E-state index in [2.05, 4.69) is 5.10 Å². The molecule has 2 atom stereocenters. The molecule has 1 aliphatic heterocycles. The van der Waals surface area contributed by atoms with Crippen molar-refractivity contribution in [1.82, 2.24) is 14.7 Å². The van der Waals surface area contributed by atoms with Crippen molar-refractivity contribution in [2.24, 2.45) is 5.92 Å². The molecule has 0 bridgehead atoms. The van der Waals surface area contributed by atoms with E-state index >= 15 is 0 Å². The van der Waals surface area contributed by atoms with Gasteiger partial charge in [0.15, 0.2) is 0 Å². The van der Waals surface area contributed by atoms with E-state index < -0.39 is 16.8 Å². The molecule has 2 unspecified atom stereocenters. The minimum Gasteiger partial charge on any atom is -0.481 e. The summed E-state index contributed by atoms with van der Waals surface area (Å²) < 4.78 is 1.47. The molecular formula is C15H22N4O5. The van der Waals surface area contributed by atoms with Crippen molar-refractivity contribution >= 4 is 17.6 Å². The molecule has 1 aromatic rings. The number of aromatic nitrogens is 2. The molecule has 0 saturated carbocycles. The number of carboxylic acids is 1. The Bertz CT molecular complexity index is 669. The van der Waals surface area contributed by atoms with Gasteiger partial charge in [-0.2, -0.15) is 5.10 Å². The van der Waals surface area contributed by atoms with Gasteiger partial charge in [-0.1, -0.05) is 0 Å². The number of nitrogens with zero attached hydrogens (tertiary/aromatic N) is 4. The number of rotatable bonds is 5. The fourth-order valence-electron chi connectivity index (χ4n) is 3.17. The molecular weight excluding hydrogens is 316 g/mol. The monoisotopic (exact) mass is 338 g/mol. The second-order valence-electron chi connectivity index (χ2n) is 6.26. The zero-order chi connectivity index (χ0) is 18.0. The molecule has 1 aliphatic rings. The lowest BCUT2D eigenvalue weighted by molar-refractivity contribution is -0.386. The lowest BCUT2D eigenvalue weighted by atomic mass is 9.93. The summed E-state index contributed by atoms with van der Waals surface area (Å²) in [4.78, 5) is 35.7. The van der Waals surface area contributed by atoms with E-state index in [9.17, 15) is 19.7 Å². The molecule has 24 heavy (non-hydrogen) atoms. The number of carbonyl (C=O) groups is 2. The fourth-order valence-corrected chi connectivity index (χ4v) is 3.17. The van der Waals surface area contributed by atoms with Crippen molar-refractivity contribution in [3.63, 3.8) is 0 Å². The molecule has 1 N–H and O–H groups in total. The van der Waals surface area contributed by atoms with E-state index in [4.69, 9.17) is 5.11 Å². The highest BCUT2D eigenvalue weighted by Crippen LogP contribution is 2.24. The Hall–Kier alpha value is -2.45. The molecule has 0 aromatic carbocycles. The number of carbonyl (C=O) groups excluding carboxylic acids is 1. The Morgan fingerprint density at radius 1 is 1.38 bits per heavy atom. The van der Waals surface area contributed by atoms with Gasteiger partial charge < -0.3 is 10.0 Å². The summed E-state index contributed by atoms with van der Waals surface area (Å²) in [5, 5.41) is 24.3. The maximum atomic E-state index is 12.4. The number of hydrogen-bond donors (Lipinski definition) is 1. The third-order valence-corrected chi connectivity index (χ3v) is 4.61. The normalized spacial score (nSPS) is 20.9. The summed E-state index contributed by atoms with van der Waals surface area (Å²) in [7, 11) is 0. The van der Waals surface area contributed by atoms with Gasteiger partial charge in [0.05, 0.1) is 17.4 Å². The van der Waals surface area contributed by atoms with E-state index in [-0.39, 0.29) is 37.1 Å². The Morgan fingerprint density at radius 3 is 2.58 bits per heavy atom. The minimum absolute atomic E-state index is 0.00268. The molecule has 1 amide bonds. The lowest BCUT2D eigenvalue weighted by Gasteiger charge is -2.36. The van der Waals surface area contributed by atoms with Gasteiger partial charge in [0.2, 0.25) is 5.91 Å². The number of nitro groups is 1. The molecule has 0 aliphatic carbocycles. The molecule has 2 heterocycles. The Kier molecular flexibility index (Phi) is 5.20. The van der Waals surface area contributed by atoms with Gasteiger partial charge in [0.1, 0.15) is 11.4 Å². The van der Waals surface area contributed by atoms with E-state index in [1.54, 1.807) is 18.7 Å². The standard InChI is InChI=1S/C15H22N4O5/c1-9-4-5-12(15(21)22)8-17(9)13(20)6-7-18-11(3)14(19(23)24)10(2)16-18/h9,12H,4-8H2,1-3H3,(H,21,22). The number of amides is 1. The van der Waals surface area contributed by atoms with Crippen LogP contribution in [0.3, 0.4) is 0 Å². The fraction of sp³-hybridized carbons (Fsp3) is 0.667. The van der Waals surface area contributed by atoms with E-state index in [0.717, 1.165) is 0 Å². The van der Waals surface area contributed by atoms with Crippen molar-refractivity contribution in [1.29, 1.82) is 0 Å². The molecule has 0 radical (unpaired) electrons. The minimum atomic E-state index is -0.881. The lowest BCUT2D eigenvalue weighted by Crippen LogP contribution is -2.47. The highest BCUT2D eigenvalue weighted by atomic mass is 16.6. The van der Waals surface area contributed by atoms with Gasteiger partial charge in [0.25, 0.3) is 0 Å². The van der Waals surface area contributed by atoms with Crippen LogP contribution < -0.4 is 0 Å². The van der Waals surface area contributed by atoms with Gasteiger partial charge in [-0.25, -0.2) is 0 Å². The van der Waals surface area contributed by atoms with Gasteiger partial charge in [0, 0.05) is 19.0 Å². The molecule has 0 spiro atoms. The Balaban J connectivity index is 2.04. The highest BCUT2D eigenvalue weighted by molar-refractivity contribution is 5.78. The summed E-state index contributed by atoms with van der Waals surface area (Å²) >= 11 is 0. The number of hydrogen-bond acceptors (Lipinski definition) is 5. The Labute approximate surface area is 139 Å². The first-order chi connectivity index (χ1) is 11.2. The topological polar surface area (TPSA) is 119 Å². The number of carboxylic acid groups (broad SMARTS) is 1. The smallest absolute Gasteiger partial charge is 0.312 e. The van der Waals surface area contributed by atoms with Crippen molar-refractivity contribution in [3.05, 3.63) is 21.5 Å². The van der Waals surface area contributed by atoms with Crippen LogP contribution in [0.1, 0.15) is 37.6 Å². The summed E-state index contributed by atoms with van der Waals surface area (Å²) in [6.45, 7) is 5.53. The number of likely N-dealkylation sites (tertiary alicyclic amines) is 1. The molecule has 1 fully saturated rings. The molecule has 9 nitrogen and oxygen atoms in total. The quantitative estimate of drug-likeness (QED) is 0.642. The second-order valence-corrected chi connectivity index (χ2v) is 6.26. The van der Waals surface area contributed by atoms with Crippen LogP contribution in [0.25, 0.3) is 0 Å². The predicted octanol–water partition coefficient (Wildman–Crippen LogP) is 1.51. The maximum absolute atomic E-state index is 12.4. The molecule has 1 aromatic heterocycles. The highest BCUT2D eigenvalue weighted by Gasteiger charge is 2.32. The van der Waals surface area contributed by atoms with Crippen LogP contribution in [0.5, 0.6) is 0 Å². The van der Waals surface area contributed by atoms with Gasteiger partial charge in [-0.15, -0.1) is 0 Å². The summed E-state index contributed by atoms with van der Waals surface area (Å²) in [5.41, 5.74) is 0.711. The third kappa shape index (κ3) is 3.55. The number of aliphatic carboxylic acids is 1. The van der Waals surface area contributed by atoms with Gasteiger partial charge in [-0.05, 0) is 33.6 Å². The average molecular weight is 338 g/mol. The predicted molar refractivity (Wildman–Crippen MR) is 84.5 cm³/mol. The van der Waals surface area contributed by atoms with Crippen LogP contribution in [0.4, 0.5) is 5.69 Å². The van der Waals surface area contributed by atoms with E-state index in [0.29, 0.717) is 24.2 Å². The van der Waals surface area contributed by atoms with Crippen LogP contribution >= 0.6 is 0 Å². The Morgan fingerprint density at radius 2 is 2.04 bits per heavy atom. The summed E-state index contributed by atoms with van der Waals surface area (Å²) in [6, 6.07) is 0.00268. The van der Waals surface area contributed by atoms with Crippen molar-refractivity contribution in [3.8, 4) is 0 Å². The van der Waals surface area contributed by atoms with Crippen molar-refractivity contribution in [2.45, 2.75) is 52.6 Å². The van der Waals surface area contributed by atoms with Crippen molar-refractivity contribution in [2.75, 3.05) is 6.54 Å². The zero-order valence-corrected chi connectivity index (χ0v) is 14.1. The SMILES string of the molecule is Cc1nn(CCC(=O)N2CC(C(=O)O)CCC2C)c(C)c1[N+](=O)[O-]. The molecule has 1 saturated heterocycles. The zero-order valence-electron chi connectivity index (χ0n) is 14.1. The van der Waals surface area contributed by atoms with Crippen LogP contribution in [0.15, 0.2) is 0 Å². The molecule has 2 rings (SSSR count). The van der Waals surface area contributed by atoms with Gasteiger partial charge >= 0.3 is 11.7 Å². The van der Waals surface area contributed by atoms with Crippen molar-refractivity contribution < 1.29 is 19.6 Å². The second kappa shape index (κ2) is 6.98. The number of piperidine rings is 1. The first-order valence-electron chi connectivity index (χ1n) is 7.93. The van der Waals surface area contributed by atoms with Crippen LogP contribution in [-0.4, -0.2) is 49.2 Å². The first-order valence-corrected chi connectivity index (χ1v) is 7.93. The van der Waals surface area contributed by atoms with E-state index in [1.165, 1.54) is 4.68 Å². The maximum Gasteiger partial charge on any atom is 0.312 e. The first kappa shape index (κ1) is 17.9.